The number of aryl methyl sites for hydroxylation is 1. The van der Waals surface area contributed by atoms with Crippen LogP contribution >= 0.6 is 15.9 Å². The van der Waals surface area contributed by atoms with Crippen molar-refractivity contribution in [1.29, 1.82) is 0 Å². The van der Waals surface area contributed by atoms with Crippen molar-refractivity contribution in [2.45, 2.75) is 38.1 Å². The first kappa shape index (κ1) is 13.6. The van der Waals surface area contributed by atoms with Crippen LogP contribution in [-0.4, -0.2) is 25.8 Å². The van der Waals surface area contributed by atoms with Crippen molar-refractivity contribution in [3.8, 4) is 0 Å². The van der Waals surface area contributed by atoms with Gasteiger partial charge in [-0.25, -0.2) is 0 Å². The fraction of sp³-hybridized carbons (Fsp3) is 0.625. The molecule has 0 bridgehead atoms. The van der Waals surface area contributed by atoms with Gasteiger partial charge in [0.05, 0.1) is 6.61 Å². The molecule has 1 aromatic carbocycles. The lowest BCUT2D eigenvalue weighted by Crippen LogP contribution is -2.39. The van der Waals surface area contributed by atoms with Gasteiger partial charge < -0.3 is 10.1 Å². The lowest BCUT2D eigenvalue weighted by molar-refractivity contribution is 0.0536. The topological polar surface area (TPSA) is 21.3 Å². The van der Waals surface area contributed by atoms with Crippen LogP contribution in [0.4, 0.5) is 0 Å². The summed E-state index contributed by atoms with van der Waals surface area (Å²) in [5, 5.41) is 3.76. The molecule has 1 aliphatic heterocycles. The number of halogens is 1. The third-order valence-electron chi connectivity index (χ3n) is 4.35. The second-order valence-electron chi connectivity index (χ2n) is 5.84. The Balaban J connectivity index is 1.52. The van der Waals surface area contributed by atoms with Crippen molar-refractivity contribution < 1.29 is 4.74 Å². The number of fused-ring (bicyclic) bond motifs is 1. The number of hydrogen-bond acceptors (Lipinski definition) is 2. The summed E-state index contributed by atoms with van der Waals surface area (Å²) in [6.45, 7) is 3.03. The molecule has 1 aromatic rings. The van der Waals surface area contributed by atoms with E-state index in [0.717, 1.165) is 25.7 Å². The van der Waals surface area contributed by atoms with Gasteiger partial charge in [-0.15, -0.1) is 0 Å². The molecule has 2 nitrogen and oxygen atoms in total. The summed E-state index contributed by atoms with van der Waals surface area (Å²) in [5.74, 6) is 0.722. The summed E-state index contributed by atoms with van der Waals surface area (Å²) >= 11 is 3.56. The summed E-state index contributed by atoms with van der Waals surface area (Å²) in [5.41, 5.74) is 3.04. The monoisotopic (exact) mass is 323 g/mol. The molecule has 0 saturated carbocycles. The average molecular weight is 324 g/mol. The third-order valence-corrected chi connectivity index (χ3v) is 4.84. The molecule has 3 heteroatoms. The van der Waals surface area contributed by atoms with Crippen molar-refractivity contribution >= 4 is 15.9 Å². The van der Waals surface area contributed by atoms with Crippen LogP contribution in [0, 0.1) is 5.92 Å². The van der Waals surface area contributed by atoms with Crippen molar-refractivity contribution in [2.75, 3.05) is 19.8 Å². The highest BCUT2D eigenvalue weighted by molar-refractivity contribution is 9.10. The Hall–Kier alpha value is -0.380. The van der Waals surface area contributed by atoms with E-state index in [1.54, 1.807) is 0 Å². The van der Waals surface area contributed by atoms with Gasteiger partial charge in [-0.2, -0.15) is 0 Å². The molecular formula is C16H22BrNO. The second kappa shape index (κ2) is 6.38. The van der Waals surface area contributed by atoms with E-state index in [2.05, 4.69) is 39.4 Å². The highest BCUT2D eigenvalue weighted by atomic mass is 79.9. The van der Waals surface area contributed by atoms with Crippen LogP contribution in [-0.2, 0) is 17.6 Å². The Kier molecular flexibility index (Phi) is 4.57. The summed E-state index contributed by atoms with van der Waals surface area (Å²) in [7, 11) is 0. The molecule has 3 rings (SSSR count). The molecular weight excluding hydrogens is 302 g/mol. The van der Waals surface area contributed by atoms with Crippen LogP contribution in [0.15, 0.2) is 22.7 Å². The van der Waals surface area contributed by atoms with E-state index in [4.69, 9.17) is 4.74 Å². The summed E-state index contributed by atoms with van der Waals surface area (Å²) in [4.78, 5) is 0. The minimum Gasteiger partial charge on any atom is -0.381 e. The summed E-state index contributed by atoms with van der Waals surface area (Å²) in [6.07, 6.45) is 6.19. The smallest absolute Gasteiger partial charge is 0.0506 e. The van der Waals surface area contributed by atoms with Crippen molar-refractivity contribution in [1.82, 2.24) is 5.32 Å². The molecule has 104 valence electrons. The summed E-state index contributed by atoms with van der Waals surface area (Å²) in [6, 6.07) is 7.36. The van der Waals surface area contributed by atoms with Crippen molar-refractivity contribution in [3.63, 3.8) is 0 Å². The Morgan fingerprint density at radius 2 is 2.21 bits per heavy atom. The Morgan fingerprint density at radius 1 is 1.26 bits per heavy atom. The molecule has 1 N–H and O–H groups in total. The van der Waals surface area contributed by atoms with Gasteiger partial charge >= 0.3 is 0 Å². The van der Waals surface area contributed by atoms with E-state index < -0.39 is 0 Å². The zero-order valence-electron chi connectivity index (χ0n) is 11.3. The van der Waals surface area contributed by atoms with Gasteiger partial charge in [-0.3, -0.25) is 0 Å². The number of nitrogens with one attached hydrogen (secondary N) is 1. The van der Waals surface area contributed by atoms with Gasteiger partial charge in [-0.1, -0.05) is 22.0 Å². The zero-order chi connectivity index (χ0) is 13.1. The standard InChI is InChI=1S/C16H22BrNO/c17-15-5-3-14-9-16(6-4-13(14)8-15)18-10-12-2-1-7-19-11-12/h3,5,8,12,16,18H,1-2,4,6-7,9-11H2. The molecule has 1 saturated heterocycles. The quantitative estimate of drug-likeness (QED) is 0.921. The molecule has 0 amide bonds. The molecule has 19 heavy (non-hydrogen) atoms. The predicted octanol–water partition coefficient (Wildman–Crippen LogP) is 3.32. The average Bonchev–Trinajstić information content (AvgIpc) is 2.46. The number of ether oxygens (including phenoxy) is 1. The molecule has 1 aliphatic carbocycles. The minimum atomic E-state index is 0.649. The van der Waals surface area contributed by atoms with E-state index in [9.17, 15) is 0 Å². The molecule has 2 unspecified atom stereocenters. The van der Waals surface area contributed by atoms with Crippen LogP contribution < -0.4 is 5.32 Å². The van der Waals surface area contributed by atoms with Crippen molar-refractivity contribution in [3.05, 3.63) is 33.8 Å². The van der Waals surface area contributed by atoms with E-state index in [1.807, 2.05) is 0 Å². The maximum Gasteiger partial charge on any atom is 0.0506 e. The third kappa shape index (κ3) is 3.59. The fourth-order valence-electron chi connectivity index (χ4n) is 3.20. The predicted molar refractivity (Wildman–Crippen MR) is 81.5 cm³/mol. The maximum atomic E-state index is 5.55. The van der Waals surface area contributed by atoms with Crippen LogP contribution in [0.5, 0.6) is 0 Å². The van der Waals surface area contributed by atoms with Crippen LogP contribution in [0.2, 0.25) is 0 Å². The largest absolute Gasteiger partial charge is 0.381 e. The first-order chi connectivity index (χ1) is 9.31. The lowest BCUT2D eigenvalue weighted by atomic mass is 9.88. The van der Waals surface area contributed by atoms with Gasteiger partial charge in [-0.05, 0) is 61.3 Å². The van der Waals surface area contributed by atoms with E-state index in [1.165, 1.54) is 47.7 Å². The number of hydrogen-bond donors (Lipinski definition) is 1. The lowest BCUT2D eigenvalue weighted by Gasteiger charge is -2.29. The fourth-order valence-corrected chi connectivity index (χ4v) is 3.61. The molecule has 0 radical (unpaired) electrons. The number of benzene rings is 1. The van der Waals surface area contributed by atoms with E-state index in [-0.39, 0.29) is 0 Å². The number of rotatable bonds is 3. The van der Waals surface area contributed by atoms with Crippen LogP contribution in [0.1, 0.15) is 30.4 Å². The zero-order valence-corrected chi connectivity index (χ0v) is 12.9. The second-order valence-corrected chi connectivity index (χ2v) is 6.76. The Morgan fingerprint density at radius 3 is 3.05 bits per heavy atom. The molecule has 0 aromatic heterocycles. The van der Waals surface area contributed by atoms with Gasteiger partial charge in [0.2, 0.25) is 0 Å². The van der Waals surface area contributed by atoms with E-state index in [0.29, 0.717) is 6.04 Å². The first-order valence-corrected chi connectivity index (χ1v) is 8.19. The van der Waals surface area contributed by atoms with Crippen molar-refractivity contribution in [2.24, 2.45) is 5.92 Å². The highest BCUT2D eigenvalue weighted by Gasteiger charge is 2.20. The van der Waals surface area contributed by atoms with Gasteiger partial charge in [0.1, 0.15) is 0 Å². The first-order valence-electron chi connectivity index (χ1n) is 7.39. The molecule has 1 fully saturated rings. The minimum absolute atomic E-state index is 0.649. The van der Waals surface area contributed by atoms with E-state index >= 15 is 0 Å². The Labute approximate surface area is 124 Å². The van der Waals surface area contributed by atoms with Gasteiger partial charge in [0.15, 0.2) is 0 Å². The SMILES string of the molecule is Brc1ccc2c(c1)CCC(NCC1CCCOC1)C2. The summed E-state index contributed by atoms with van der Waals surface area (Å²) < 4.78 is 6.75. The maximum absolute atomic E-state index is 5.55. The molecule has 2 atom stereocenters. The molecule has 2 aliphatic rings. The van der Waals surface area contributed by atoms with Gasteiger partial charge in [0.25, 0.3) is 0 Å². The van der Waals surface area contributed by atoms with Crippen LogP contribution in [0.25, 0.3) is 0 Å². The normalized spacial score (nSPS) is 27.0. The highest BCUT2D eigenvalue weighted by Crippen LogP contribution is 2.25. The van der Waals surface area contributed by atoms with Crippen LogP contribution in [0.3, 0.4) is 0 Å². The molecule has 0 spiro atoms. The van der Waals surface area contributed by atoms with Gasteiger partial charge in [0, 0.05) is 23.7 Å². The molecule has 1 heterocycles. The Bertz CT molecular complexity index is 429.